The van der Waals surface area contributed by atoms with E-state index in [9.17, 15) is 14.4 Å². The molecule has 3 heterocycles. The lowest BCUT2D eigenvalue weighted by Crippen LogP contribution is -2.55. The molecule has 2 saturated heterocycles. The summed E-state index contributed by atoms with van der Waals surface area (Å²) < 4.78 is 0. The first-order chi connectivity index (χ1) is 15.5. The van der Waals surface area contributed by atoms with E-state index in [1.807, 2.05) is 41.3 Å². The number of amides is 3. The number of benzene rings is 1. The minimum Gasteiger partial charge on any atom is -0.483 e. The third kappa shape index (κ3) is 5.13. The molecule has 0 radical (unpaired) electrons. The number of aromatic nitrogens is 2. The number of hydrogen-bond acceptors (Lipinski definition) is 5. The van der Waals surface area contributed by atoms with Crippen LogP contribution in [0.2, 0.25) is 0 Å². The van der Waals surface area contributed by atoms with Gasteiger partial charge in [0.1, 0.15) is 0 Å². The van der Waals surface area contributed by atoms with Gasteiger partial charge in [-0.1, -0.05) is 30.3 Å². The molecule has 1 aromatic carbocycles. The number of piperazine rings is 1. The van der Waals surface area contributed by atoms with Crippen molar-refractivity contribution in [3.8, 4) is 0 Å². The summed E-state index contributed by atoms with van der Waals surface area (Å²) in [6.07, 6.45) is 2.90. The molecule has 0 saturated carbocycles. The molecule has 0 spiro atoms. The maximum Gasteiger partial charge on any atom is 0.290 e. The Morgan fingerprint density at radius 3 is 2.62 bits per heavy atom. The minimum atomic E-state index is -0.347. The Morgan fingerprint density at radius 2 is 2.00 bits per heavy atom. The fraction of sp³-hybridized carbons (Fsp3) is 0.409. The summed E-state index contributed by atoms with van der Waals surface area (Å²) >= 11 is 0. The van der Waals surface area contributed by atoms with Gasteiger partial charge in [-0.05, 0) is 18.1 Å². The average Bonchev–Trinajstić information content (AvgIpc) is 3.43. The smallest absolute Gasteiger partial charge is 0.290 e. The lowest BCUT2D eigenvalue weighted by atomic mass is 9.92. The van der Waals surface area contributed by atoms with Crippen LogP contribution in [0.25, 0.3) is 0 Å². The van der Waals surface area contributed by atoms with Gasteiger partial charge in [-0.15, -0.1) is 0 Å². The molecule has 2 aliphatic heterocycles. The summed E-state index contributed by atoms with van der Waals surface area (Å²) in [5.74, 6) is -0.616. The van der Waals surface area contributed by atoms with Crippen molar-refractivity contribution < 1.29 is 24.3 Å². The average molecular weight is 441 g/mol. The van der Waals surface area contributed by atoms with Gasteiger partial charge in [0, 0.05) is 38.3 Å². The van der Waals surface area contributed by atoms with Crippen LogP contribution in [0, 0.1) is 5.92 Å². The van der Waals surface area contributed by atoms with Crippen LogP contribution in [-0.4, -0.2) is 75.0 Å². The van der Waals surface area contributed by atoms with Crippen molar-refractivity contribution in [3.05, 3.63) is 53.9 Å². The number of nitrogens with zero attached hydrogens (tertiary/aromatic N) is 3. The number of nitrogens with one attached hydrogen (secondary N) is 2. The second-order valence-corrected chi connectivity index (χ2v) is 7.78. The predicted octanol–water partition coefficient (Wildman–Crippen LogP) is 0.590. The summed E-state index contributed by atoms with van der Waals surface area (Å²) in [6, 6.07) is 11.1. The highest BCUT2D eigenvalue weighted by Gasteiger charge is 2.50. The molecular formula is C22H27N5O5. The highest BCUT2D eigenvalue weighted by atomic mass is 16.3. The molecule has 4 rings (SSSR count). The van der Waals surface area contributed by atoms with Gasteiger partial charge in [0.25, 0.3) is 6.47 Å². The molecule has 1 aromatic heterocycles. The number of carboxylic acid groups (broad SMARTS) is 1. The van der Waals surface area contributed by atoms with Crippen LogP contribution in [0.1, 0.15) is 30.6 Å². The monoisotopic (exact) mass is 441 g/mol. The van der Waals surface area contributed by atoms with E-state index in [4.69, 9.17) is 9.90 Å². The second-order valence-electron chi connectivity index (χ2n) is 7.78. The fourth-order valence-corrected chi connectivity index (χ4v) is 4.45. The molecule has 0 bridgehead atoms. The largest absolute Gasteiger partial charge is 0.483 e. The second kappa shape index (κ2) is 10.6. The zero-order chi connectivity index (χ0) is 23.1. The minimum absolute atomic E-state index is 0.0602. The third-order valence-corrected chi connectivity index (χ3v) is 5.82. The summed E-state index contributed by atoms with van der Waals surface area (Å²) in [4.78, 5) is 49.6. The van der Waals surface area contributed by atoms with Crippen LogP contribution in [0.5, 0.6) is 0 Å². The summed E-state index contributed by atoms with van der Waals surface area (Å²) in [5.41, 5.74) is 1.91. The van der Waals surface area contributed by atoms with Crippen molar-refractivity contribution >= 4 is 24.2 Å². The molecule has 3 atom stereocenters. The Hall–Kier alpha value is -3.69. The van der Waals surface area contributed by atoms with E-state index >= 15 is 0 Å². The number of aromatic amines is 1. The number of fused-ring (bicyclic) bond motifs is 1. The Labute approximate surface area is 185 Å². The highest BCUT2D eigenvalue weighted by Crippen LogP contribution is 2.43. The Morgan fingerprint density at radius 1 is 1.28 bits per heavy atom. The molecule has 0 aliphatic carbocycles. The topological polar surface area (TPSA) is 136 Å². The van der Waals surface area contributed by atoms with Crippen LogP contribution >= 0.6 is 0 Å². The van der Waals surface area contributed by atoms with E-state index in [2.05, 4.69) is 15.5 Å². The van der Waals surface area contributed by atoms with Crippen molar-refractivity contribution in [3.63, 3.8) is 0 Å². The van der Waals surface area contributed by atoms with E-state index < -0.39 is 0 Å². The van der Waals surface area contributed by atoms with Crippen LogP contribution in [0.3, 0.4) is 0 Å². The van der Waals surface area contributed by atoms with E-state index in [0.717, 1.165) is 11.3 Å². The van der Waals surface area contributed by atoms with Gasteiger partial charge in [-0.2, -0.15) is 5.10 Å². The molecule has 2 aromatic rings. The number of hydrogen-bond donors (Lipinski definition) is 3. The van der Waals surface area contributed by atoms with Gasteiger partial charge >= 0.3 is 0 Å². The van der Waals surface area contributed by atoms with Crippen LogP contribution in [0.15, 0.2) is 42.6 Å². The van der Waals surface area contributed by atoms with Crippen LogP contribution in [0.4, 0.5) is 0 Å². The van der Waals surface area contributed by atoms with Gasteiger partial charge in [0.05, 0.1) is 24.5 Å². The zero-order valence-corrected chi connectivity index (χ0v) is 17.8. The molecule has 170 valence electrons. The standard InChI is InChI=1S/C21H25N5O3.CH2O2/c1-14(27)25-12-17-11-18(21(29)22-9-7-16-8-10-23-24-16)20(26(17)19(28)13-25)15-5-3-2-4-6-15;2-1-3/h2-6,8,10,17-18,20H,7,9,11-13H2,1H3,(H,22,29)(H,23,24);1H,(H,2,3)/t17-,18-,20-;/m0./s1. The maximum atomic E-state index is 13.1. The third-order valence-electron chi connectivity index (χ3n) is 5.82. The predicted molar refractivity (Wildman–Crippen MR) is 114 cm³/mol. The van der Waals surface area contributed by atoms with Crippen LogP contribution in [-0.2, 0) is 25.6 Å². The van der Waals surface area contributed by atoms with E-state index in [1.165, 1.54) is 6.92 Å². The quantitative estimate of drug-likeness (QED) is 0.581. The molecule has 0 unspecified atom stereocenters. The molecule has 10 heteroatoms. The van der Waals surface area contributed by atoms with Crippen molar-refractivity contribution in [2.24, 2.45) is 5.92 Å². The summed E-state index contributed by atoms with van der Waals surface area (Å²) in [6.45, 7) is 2.27. The number of carbonyl (C=O) groups is 4. The summed E-state index contributed by atoms with van der Waals surface area (Å²) in [5, 5.41) is 16.7. The molecule has 2 fully saturated rings. The van der Waals surface area contributed by atoms with Gasteiger partial charge in [0.2, 0.25) is 17.7 Å². The Kier molecular flexibility index (Phi) is 7.58. The van der Waals surface area contributed by atoms with E-state index in [0.29, 0.717) is 25.9 Å². The first-order valence-electron chi connectivity index (χ1n) is 10.4. The number of H-pyrrole nitrogens is 1. The van der Waals surface area contributed by atoms with E-state index in [1.54, 1.807) is 11.1 Å². The van der Waals surface area contributed by atoms with E-state index in [-0.39, 0.29) is 48.7 Å². The lowest BCUT2D eigenvalue weighted by molar-refractivity contribution is -0.148. The number of carbonyl (C=O) groups excluding carboxylic acids is 3. The SMILES string of the molecule is CC(=O)N1CC(=O)N2[C@@H](C[C@H](C(=O)NCCc3ccn[nH]3)[C@@H]2c2ccccc2)C1.O=CO. The first kappa shape index (κ1) is 23.0. The molecule has 2 aliphatic rings. The fourth-order valence-electron chi connectivity index (χ4n) is 4.45. The maximum absolute atomic E-state index is 13.1. The summed E-state index contributed by atoms with van der Waals surface area (Å²) in [7, 11) is 0. The normalized spacial score (nSPS) is 21.9. The molecule has 10 nitrogen and oxygen atoms in total. The van der Waals surface area contributed by atoms with Gasteiger partial charge in [-0.3, -0.25) is 24.3 Å². The van der Waals surface area contributed by atoms with Crippen molar-refractivity contribution in [1.82, 2.24) is 25.3 Å². The van der Waals surface area contributed by atoms with Crippen molar-refractivity contribution in [1.29, 1.82) is 0 Å². The highest BCUT2D eigenvalue weighted by molar-refractivity contribution is 5.88. The molecular weight excluding hydrogens is 414 g/mol. The molecule has 3 N–H and O–H groups in total. The molecule has 3 amide bonds. The zero-order valence-electron chi connectivity index (χ0n) is 17.8. The first-order valence-corrected chi connectivity index (χ1v) is 10.4. The van der Waals surface area contributed by atoms with Crippen molar-refractivity contribution in [2.45, 2.75) is 31.8 Å². The van der Waals surface area contributed by atoms with Crippen LogP contribution < -0.4 is 5.32 Å². The van der Waals surface area contributed by atoms with Crippen molar-refractivity contribution in [2.75, 3.05) is 19.6 Å². The Bertz CT molecular complexity index is 933. The lowest BCUT2D eigenvalue weighted by Gasteiger charge is -2.39. The molecule has 32 heavy (non-hydrogen) atoms. The van der Waals surface area contributed by atoms with Gasteiger partial charge < -0.3 is 20.2 Å². The van der Waals surface area contributed by atoms with Gasteiger partial charge in [-0.25, -0.2) is 0 Å². The Balaban J connectivity index is 0.000000913. The number of rotatable bonds is 5. The van der Waals surface area contributed by atoms with Gasteiger partial charge in [0.15, 0.2) is 0 Å².